The van der Waals surface area contributed by atoms with Crippen molar-refractivity contribution in [3.63, 3.8) is 0 Å². The number of anilines is 1. The molecular weight excluding hydrogens is 222 g/mol. The topological polar surface area (TPSA) is 66.8 Å². The van der Waals surface area contributed by atoms with Crippen LogP contribution in [0.25, 0.3) is 0 Å². The zero-order valence-corrected chi connectivity index (χ0v) is 9.42. The Hall–Kier alpha value is -2.04. The normalized spacial score (nSPS) is 19.5. The van der Waals surface area contributed by atoms with Gasteiger partial charge in [0.2, 0.25) is 5.91 Å². The minimum atomic E-state index is -0.984. The molecule has 2 rings (SSSR count). The maximum absolute atomic E-state index is 11.8. The molecule has 1 aliphatic rings. The third kappa shape index (κ3) is 1.95. The van der Waals surface area contributed by atoms with Crippen molar-refractivity contribution in [2.24, 2.45) is 0 Å². The molecule has 1 aliphatic heterocycles. The van der Waals surface area contributed by atoms with Gasteiger partial charge in [-0.15, -0.1) is 0 Å². The van der Waals surface area contributed by atoms with Crippen LogP contribution in [0.2, 0.25) is 0 Å². The van der Waals surface area contributed by atoms with Gasteiger partial charge in [0, 0.05) is 6.42 Å². The van der Waals surface area contributed by atoms with Gasteiger partial charge in [0.1, 0.15) is 11.8 Å². The Morgan fingerprint density at radius 3 is 2.82 bits per heavy atom. The zero-order chi connectivity index (χ0) is 12.4. The van der Waals surface area contributed by atoms with Gasteiger partial charge in [-0.25, -0.2) is 4.79 Å². The Morgan fingerprint density at radius 1 is 1.47 bits per heavy atom. The molecule has 1 atom stereocenters. The van der Waals surface area contributed by atoms with Crippen molar-refractivity contribution in [1.82, 2.24) is 0 Å². The molecular formula is C12H13NO4. The second-order valence-corrected chi connectivity index (χ2v) is 3.83. The fourth-order valence-corrected chi connectivity index (χ4v) is 2.05. The fraction of sp³-hybridized carbons (Fsp3) is 0.333. The van der Waals surface area contributed by atoms with E-state index in [1.165, 1.54) is 12.0 Å². The molecule has 1 saturated heterocycles. The highest BCUT2D eigenvalue weighted by molar-refractivity contribution is 6.03. The molecule has 90 valence electrons. The number of carboxylic acids is 1. The van der Waals surface area contributed by atoms with E-state index in [1.807, 2.05) is 0 Å². The molecule has 1 aromatic rings. The van der Waals surface area contributed by atoms with Crippen LogP contribution in [-0.2, 0) is 9.59 Å². The van der Waals surface area contributed by atoms with Crippen molar-refractivity contribution in [3.8, 4) is 5.75 Å². The van der Waals surface area contributed by atoms with E-state index in [9.17, 15) is 9.59 Å². The van der Waals surface area contributed by atoms with Gasteiger partial charge in [0.05, 0.1) is 12.8 Å². The first kappa shape index (κ1) is 11.4. The summed E-state index contributed by atoms with van der Waals surface area (Å²) in [5.41, 5.74) is 0.518. The summed E-state index contributed by atoms with van der Waals surface area (Å²) < 4.78 is 5.15. The molecule has 0 aromatic heterocycles. The van der Waals surface area contributed by atoms with E-state index in [2.05, 4.69) is 0 Å². The van der Waals surface area contributed by atoms with Crippen LogP contribution >= 0.6 is 0 Å². The summed E-state index contributed by atoms with van der Waals surface area (Å²) >= 11 is 0. The van der Waals surface area contributed by atoms with Crippen molar-refractivity contribution >= 4 is 17.6 Å². The summed E-state index contributed by atoms with van der Waals surface area (Å²) in [5, 5.41) is 9.09. The number of carbonyl (C=O) groups excluding carboxylic acids is 1. The van der Waals surface area contributed by atoms with Gasteiger partial charge < -0.3 is 9.84 Å². The average molecular weight is 235 g/mol. The first-order chi connectivity index (χ1) is 8.15. The fourth-order valence-electron chi connectivity index (χ4n) is 2.05. The lowest BCUT2D eigenvalue weighted by atomic mass is 10.2. The lowest BCUT2D eigenvalue weighted by Crippen LogP contribution is -2.38. The molecule has 5 nitrogen and oxygen atoms in total. The molecule has 1 unspecified atom stereocenters. The van der Waals surface area contributed by atoms with Crippen LogP contribution in [0.5, 0.6) is 5.75 Å². The summed E-state index contributed by atoms with van der Waals surface area (Å²) in [4.78, 5) is 24.2. The van der Waals surface area contributed by atoms with E-state index >= 15 is 0 Å². The smallest absolute Gasteiger partial charge is 0.326 e. The van der Waals surface area contributed by atoms with Crippen LogP contribution in [-0.4, -0.2) is 30.1 Å². The van der Waals surface area contributed by atoms with Crippen LogP contribution in [0.1, 0.15) is 12.8 Å². The van der Waals surface area contributed by atoms with Gasteiger partial charge in [-0.2, -0.15) is 0 Å². The monoisotopic (exact) mass is 235 g/mol. The predicted molar refractivity (Wildman–Crippen MR) is 61.1 cm³/mol. The summed E-state index contributed by atoms with van der Waals surface area (Å²) in [6, 6.07) is 6.14. The van der Waals surface area contributed by atoms with Gasteiger partial charge in [-0.05, 0) is 18.6 Å². The second-order valence-electron chi connectivity index (χ2n) is 3.83. The Balaban J connectivity index is 2.43. The van der Waals surface area contributed by atoms with Crippen LogP contribution in [0.3, 0.4) is 0 Å². The minimum absolute atomic E-state index is 0.179. The summed E-state index contributed by atoms with van der Waals surface area (Å²) in [5.74, 6) is -0.655. The first-order valence-corrected chi connectivity index (χ1v) is 5.33. The van der Waals surface area contributed by atoms with Crippen LogP contribution in [0, 0.1) is 0 Å². The third-order valence-electron chi connectivity index (χ3n) is 2.84. The SMILES string of the molecule is COc1ccccc1N1C(=O)CCC1C(=O)O. The molecule has 5 heteroatoms. The van der Waals surface area contributed by atoms with Gasteiger partial charge >= 0.3 is 5.97 Å². The number of methoxy groups -OCH3 is 1. The quantitative estimate of drug-likeness (QED) is 0.856. The largest absolute Gasteiger partial charge is 0.495 e. The number of para-hydroxylation sites is 2. The lowest BCUT2D eigenvalue weighted by Gasteiger charge is -2.23. The number of hydrogen-bond donors (Lipinski definition) is 1. The second kappa shape index (κ2) is 4.45. The number of hydrogen-bond acceptors (Lipinski definition) is 3. The molecule has 0 bridgehead atoms. The van der Waals surface area contributed by atoms with E-state index in [0.717, 1.165) is 0 Å². The maximum Gasteiger partial charge on any atom is 0.326 e. The number of aliphatic carboxylic acids is 1. The van der Waals surface area contributed by atoms with Crippen LogP contribution < -0.4 is 9.64 Å². The van der Waals surface area contributed by atoms with Gasteiger partial charge in [-0.1, -0.05) is 12.1 Å². The zero-order valence-electron chi connectivity index (χ0n) is 9.42. The van der Waals surface area contributed by atoms with Crippen molar-refractivity contribution < 1.29 is 19.4 Å². The summed E-state index contributed by atoms with van der Waals surface area (Å²) in [7, 11) is 1.50. The Kier molecular flexibility index (Phi) is 2.99. The summed E-state index contributed by atoms with van der Waals surface area (Å²) in [6.07, 6.45) is 0.598. The van der Waals surface area contributed by atoms with Crippen molar-refractivity contribution in [1.29, 1.82) is 0 Å². The molecule has 1 fully saturated rings. The highest BCUT2D eigenvalue weighted by Gasteiger charge is 2.38. The number of carbonyl (C=O) groups is 2. The van der Waals surface area contributed by atoms with Gasteiger partial charge in [0.25, 0.3) is 0 Å². The number of ether oxygens (including phenoxy) is 1. The molecule has 17 heavy (non-hydrogen) atoms. The number of benzene rings is 1. The van der Waals surface area contributed by atoms with E-state index in [4.69, 9.17) is 9.84 Å². The Labute approximate surface area is 98.6 Å². The molecule has 1 aromatic carbocycles. The standard InChI is InChI=1S/C12H13NO4/c1-17-10-5-3-2-4-8(10)13-9(12(15)16)6-7-11(13)14/h2-5,9H,6-7H2,1H3,(H,15,16). The highest BCUT2D eigenvalue weighted by atomic mass is 16.5. The summed E-state index contributed by atoms with van der Waals surface area (Å²) in [6.45, 7) is 0. The molecule has 0 saturated carbocycles. The van der Waals surface area contributed by atoms with Gasteiger partial charge in [-0.3, -0.25) is 9.69 Å². The maximum atomic E-state index is 11.8. The molecule has 1 heterocycles. The highest BCUT2D eigenvalue weighted by Crippen LogP contribution is 2.34. The number of rotatable bonds is 3. The molecule has 1 N–H and O–H groups in total. The van der Waals surface area contributed by atoms with E-state index in [0.29, 0.717) is 17.9 Å². The molecule has 0 radical (unpaired) electrons. The molecule has 0 aliphatic carbocycles. The first-order valence-electron chi connectivity index (χ1n) is 5.33. The number of amides is 1. The molecule has 0 spiro atoms. The number of carboxylic acid groups (broad SMARTS) is 1. The third-order valence-corrected chi connectivity index (χ3v) is 2.84. The average Bonchev–Trinajstić information content (AvgIpc) is 2.71. The van der Waals surface area contributed by atoms with E-state index < -0.39 is 12.0 Å². The molecule has 1 amide bonds. The lowest BCUT2D eigenvalue weighted by molar-refractivity contribution is -0.138. The Morgan fingerprint density at radius 2 is 2.18 bits per heavy atom. The minimum Gasteiger partial charge on any atom is -0.495 e. The van der Waals surface area contributed by atoms with E-state index in [1.54, 1.807) is 24.3 Å². The van der Waals surface area contributed by atoms with Crippen LogP contribution in [0.15, 0.2) is 24.3 Å². The van der Waals surface area contributed by atoms with Crippen LogP contribution in [0.4, 0.5) is 5.69 Å². The van der Waals surface area contributed by atoms with Crippen molar-refractivity contribution in [2.75, 3.05) is 12.0 Å². The van der Waals surface area contributed by atoms with Crippen molar-refractivity contribution in [3.05, 3.63) is 24.3 Å². The number of nitrogens with zero attached hydrogens (tertiary/aromatic N) is 1. The Bertz CT molecular complexity index is 458. The predicted octanol–water partition coefficient (Wildman–Crippen LogP) is 1.28. The van der Waals surface area contributed by atoms with Crippen molar-refractivity contribution in [2.45, 2.75) is 18.9 Å². The van der Waals surface area contributed by atoms with Gasteiger partial charge in [0.15, 0.2) is 0 Å². The van der Waals surface area contributed by atoms with E-state index in [-0.39, 0.29) is 12.3 Å².